The Morgan fingerprint density at radius 2 is 1.61 bits per heavy atom. The SMILES string of the molecule is CCCc1ccccc1C1=CCc2ccccc21. The molecule has 0 heteroatoms. The molecular weight excluding hydrogens is 216 g/mol. The minimum absolute atomic E-state index is 1.08. The summed E-state index contributed by atoms with van der Waals surface area (Å²) in [6.45, 7) is 2.24. The molecule has 0 radical (unpaired) electrons. The number of fused-ring (bicyclic) bond motifs is 1. The minimum atomic E-state index is 1.08. The summed E-state index contributed by atoms with van der Waals surface area (Å²) in [7, 11) is 0. The van der Waals surface area contributed by atoms with Gasteiger partial charge in [-0.2, -0.15) is 0 Å². The van der Waals surface area contributed by atoms with Crippen LogP contribution >= 0.6 is 0 Å². The highest BCUT2D eigenvalue weighted by atomic mass is 14.2. The molecule has 1 aliphatic rings. The summed E-state index contributed by atoms with van der Waals surface area (Å²) >= 11 is 0. The van der Waals surface area contributed by atoms with E-state index in [2.05, 4.69) is 61.5 Å². The largest absolute Gasteiger partial charge is 0.0716 e. The Morgan fingerprint density at radius 3 is 2.44 bits per heavy atom. The number of aryl methyl sites for hydroxylation is 1. The van der Waals surface area contributed by atoms with Gasteiger partial charge in [-0.1, -0.05) is 68.0 Å². The van der Waals surface area contributed by atoms with Gasteiger partial charge in [0.25, 0.3) is 0 Å². The summed E-state index contributed by atoms with van der Waals surface area (Å²) in [6, 6.07) is 17.6. The Balaban J connectivity index is 2.07. The minimum Gasteiger partial charge on any atom is -0.0716 e. The first-order chi connectivity index (χ1) is 8.90. The van der Waals surface area contributed by atoms with Crippen LogP contribution in [-0.4, -0.2) is 0 Å². The number of hydrogen-bond donors (Lipinski definition) is 0. The normalized spacial score (nSPS) is 13.3. The van der Waals surface area contributed by atoms with Gasteiger partial charge in [-0.05, 0) is 40.7 Å². The lowest BCUT2D eigenvalue weighted by atomic mass is 9.93. The number of rotatable bonds is 3. The van der Waals surface area contributed by atoms with Crippen LogP contribution in [0.15, 0.2) is 54.6 Å². The molecule has 2 aromatic carbocycles. The van der Waals surface area contributed by atoms with Crippen LogP contribution in [0.2, 0.25) is 0 Å². The average molecular weight is 234 g/mol. The molecule has 0 heterocycles. The fourth-order valence-corrected chi connectivity index (χ4v) is 2.81. The first kappa shape index (κ1) is 11.3. The van der Waals surface area contributed by atoms with Crippen LogP contribution in [0.3, 0.4) is 0 Å². The van der Waals surface area contributed by atoms with Gasteiger partial charge in [0, 0.05) is 0 Å². The van der Waals surface area contributed by atoms with Crippen molar-refractivity contribution in [3.8, 4) is 0 Å². The molecule has 1 aliphatic carbocycles. The van der Waals surface area contributed by atoms with Gasteiger partial charge in [0.05, 0.1) is 0 Å². The van der Waals surface area contributed by atoms with Gasteiger partial charge in [-0.3, -0.25) is 0 Å². The quantitative estimate of drug-likeness (QED) is 0.726. The smallest absolute Gasteiger partial charge is 0.00819 e. The van der Waals surface area contributed by atoms with Crippen LogP contribution < -0.4 is 0 Å². The molecule has 0 fully saturated rings. The van der Waals surface area contributed by atoms with Crippen molar-refractivity contribution in [1.29, 1.82) is 0 Å². The highest BCUT2D eigenvalue weighted by molar-refractivity contribution is 5.85. The van der Waals surface area contributed by atoms with Crippen LogP contribution in [0, 0.1) is 0 Å². The van der Waals surface area contributed by atoms with E-state index >= 15 is 0 Å². The van der Waals surface area contributed by atoms with Crippen LogP contribution in [0.4, 0.5) is 0 Å². The summed E-state index contributed by atoms with van der Waals surface area (Å²) in [5, 5.41) is 0. The van der Waals surface area contributed by atoms with E-state index in [4.69, 9.17) is 0 Å². The Hall–Kier alpha value is -1.82. The van der Waals surface area contributed by atoms with E-state index in [-0.39, 0.29) is 0 Å². The number of benzene rings is 2. The molecule has 0 spiro atoms. The van der Waals surface area contributed by atoms with Gasteiger partial charge in [0.15, 0.2) is 0 Å². The zero-order valence-electron chi connectivity index (χ0n) is 10.8. The van der Waals surface area contributed by atoms with Crippen LogP contribution in [0.1, 0.15) is 35.6 Å². The van der Waals surface area contributed by atoms with E-state index in [1.165, 1.54) is 34.2 Å². The summed E-state index contributed by atoms with van der Waals surface area (Å²) in [5.41, 5.74) is 7.20. The van der Waals surface area contributed by atoms with E-state index < -0.39 is 0 Å². The van der Waals surface area contributed by atoms with E-state index in [1.54, 1.807) is 0 Å². The van der Waals surface area contributed by atoms with Crippen molar-refractivity contribution >= 4 is 5.57 Å². The molecule has 0 N–H and O–H groups in total. The second-order valence-corrected chi connectivity index (χ2v) is 4.89. The topological polar surface area (TPSA) is 0 Å². The van der Waals surface area contributed by atoms with Crippen molar-refractivity contribution in [2.45, 2.75) is 26.2 Å². The lowest BCUT2D eigenvalue weighted by molar-refractivity contribution is 0.918. The van der Waals surface area contributed by atoms with E-state index in [0.717, 1.165) is 12.8 Å². The Morgan fingerprint density at radius 1 is 0.889 bits per heavy atom. The highest BCUT2D eigenvalue weighted by Crippen LogP contribution is 2.34. The van der Waals surface area contributed by atoms with E-state index in [0.29, 0.717) is 0 Å². The van der Waals surface area contributed by atoms with E-state index in [1.807, 2.05) is 0 Å². The molecular formula is C18H18. The van der Waals surface area contributed by atoms with Crippen molar-refractivity contribution in [2.75, 3.05) is 0 Å². The zero-order valence-corrected chi connectivity index (χ0v) is 10.8. The van der Waals surface area contributed by atoms with Crippen molar-refractivity contribution in [3.63, 3.8) is 0 Å². The Labute approximate surface area is 109 Å². The van der Waals surface area contributed by atoms with Crippen LogP contribution in [0.25, 0.3) is 5.57 Å². The van der Waals surface area contributed by atoms with Crippen molar-refractivity contribution < 1.29 is 0 Å². The van der Waals surface area contributed by atoms with Gasteiger partial charge >= 0.3 is 0 Å². The predicted octanol–water partition coefficient (Wildman–Crippen LogP) is 4.63. The lowest BCUT2D eigenvalue weighted by Crippen LogP contribution is -1.93. The highest BCUT2D eigenvalue weighted by Gasteiger charge is 2.16. The van der Waals surface area contributed by atoms with Crippen molar-refractivity contribution in [2.24, 2.45) is 0 Å². The summed E-state index contributed by atoms with van der Waals surface area (Å²) < 4.78 is 0. The molecule has 90 valence electrons. The predicted molar refractivity (Wildman–Crippen MR) is 77.7 cm³/mol. The standard InChI is InChI=1S/C18H18/c1-2-7-14-8-3-5-10-16(14)18-13-12-15-9-4-6-11-17(15)18/h3-6,8-11,13H,2,7,12H2,1H3. The maximum Gasteiger partial charge on any atom is -0.00819 e. The molecule has 0 saturated heterocycles. The molecule has 0 unspecified atom stereocenters. The fourth-order valence-electron chi connectivity index (χ4n) is 2.81. The molecule has 2 aromatic rings. The molecule has 0 aromatic heterocycles. The van der Waals surface area contributed by atoms with Crippen molar-refractivity contribution in [3.05, 3.63) is 76.9 Å². The molecule has 0 nitrogen and oxygen atoms in total. The molecule has 0 amide bonds. The molecule has 0 aliphatic heterocycles. The first-order valence-electron chi connectivity index (χ1n) is 6.77. The van der Waals surface area contributed by atoms with Gasteiger partial charge in [-0.25, -0.2) is 0 Å². The summed E-state index contributed by atoms with van der Waals surface area (Å²) in [5.74, 6) is 0. The molecule has 3 rings (SSSR count). The van der Waals surface area contributed by atoms with Gasteiger partial charge < -0.3 is 0 Å². The molecule has 0 saturated carbocycles. The molecule has 0 atom stereocenters. The van der Waals surface area contributed by atoms with E-state index in [9.17, 15) is 0 Å². The molecule has 18 heavy (non-hydrogen) atoms. The number of allylic oxidation sites excluding steroid dienone is 1. The first-order valence-corrected chi connectivity index (χ1v) is 6.77. The third-order valence-corrected chi connectivity index (χ3v) is 3.66. The average Bonchev–Trinajstić information content (AvgIpc) is 2.84. The Kier molecular flexibility index (Phi) is 3.02. The van der Waals surface area contributed by atoms with Gasteiger partial charge in [-0.15, -0.1) is 0 Å². The number of hydrogen-bond acceptors (Lipinski definition) is 0. The van der Waals surface area contributed by atoms with Gasteiger partial charge in [0.1, 0.15) is 0 Å². The lowest BCUT2D eigenvalue weighted by Gasteiger charge is -2.11. The Bertz CT molecular complexity index is 590. The van der Waals surface area contributed by atoms with Crippen LogP contribution in [0.5, 0.6) is 0 Å². The maximum atomic E-state index is 2.37. The molecule has 0 bridgehead atoms. The van der Waals surface area contributed by atoms with Gasteiger partial charge in [0.2, 0.25) is 0 Å². The third-order valence-electron chi connectivity index (χ3n) is 3.66. The van der Waals surface area contributed by atoms with Crippen molar-refractivity contribution in [1.82, 2.24) is 0 Å². The van der Waals surface area contributed by atoms with Crippen LogP contribution in [-0.2, 0) is 12.8 Å². The maximum absolute atomic E-state index is 2.37. The monoisotopic (exact) mass is 234 g/mol. The summed E-state index contributed by atoms with van der Waals surface area (Å²) in [6.07, 6.45) is 5.81. The second kappa shape index (κ2) is 4.81. The summed E-state index contributed by atoms with van der Waals surface area (Å²) in [4.78, 5) is 0. The fraction of sp³-hybridized carbons (Fsp3) is 0.222. The zero-order chi connectivity index (χ0) is 12.4. The second-order valence-electron chi connectivity index (χ2n) is 4.89. The third kappa shape index (κ3) is 1.88.